The third kappa shape index (κ3) is 7.97. The standard InChI is InChI=1S/C8H8S4.C6H6S2.C3H8/c9-7-8(10)12-6-4-2-1-3-5(6)11-7;7-5-3-1-2-4-6(5)8;1-3-2/h1-4,7-10H;1-4,7-8H;3H2,1-2H3. The summed E-state index contributed by atoms with van der Waals surface area (Å²) in [4.78, 5) is 4.51. The van der Waals surface area contributed by atoms with Crippen LogP contribution in [0.5, 0.6) is 0 Å². The van der Waals surface area contributed by atoms with Crippen LogP contribution in [-0.4, -0.2) is 9.16 Å². The van der Waals surface area contributed by atoms with Gasteiger partial charge in [0.2, 0.25) is 0 Å². The molecule has 0 radical (unpaired) electrons. The summed E-state index contributed by atoms with van der Waals surface area (Å²) in [5.74, 6) is 0. The van der Waals surface area contributed by atoms with E-state index in [0.29, 0.717) is 9.16 Å². The van der Waals surface area contributed by atoms with Gasteiger partial charge in [-0.1, -0.05) is 44.5 Å². The molecule has 0 nitrogen and oxygen atoms in total. The molecule has 23 heavy (non-hydrogen) atoms. The van der Waals surface area contributed by atoms with E-state index < -0.39 is 0 Å². The molecule has 2 atom stereocenters. The van der Waals surface area contributed by atoms with Crippen LogP contribution in [0, 0.1) is 0 Å². The highest BCUT2D eigenvalue weighted by atomic mass is 32.2. The van der Waals surface area contributed by atoms with E-state index in [1.54, 1.807) is 23.5 Å². The highest BCUT2D eigenvalue weighted by Gasteiger charge is 2.23. The topological polar surface area (TPSA) is 0 Å². The van der Waals surface area contributed by atoms with Crippen LogP contribution in [0.25, 0.3) is 0 Å². The molecule has 2 unspecified atom stereocenters. The Morgan fingerprint density at radius 3 is 1.35 bits per heavy atom. The summed E-state index contributed by atoms with van der Waals surface area (Å²) in [6, 6.07) is 16.1. The van der Waals surface area contributed by atoms with Crippen LogP contribution in [0.4, 0.5) is 0 Å². The Balaban J connectivity index is 0.000000209. The Labute approximate surface area is 170 Å². The van der Waals surface area contributed by atoms with Gasteiger partial charge in [-0.3, -0.25) is 0 Å². The van der Waals surface area contributed by atoms with Crippen LogP contribution >= 0.6 is 74.0 Å². The van der Waals surface area contributed by atoms with Gasteiger partial charge >= 0.3 is 0 Å². The van der Waals surface area contributed by atoms with Crippen molar-refractivity contribution in [2.24, 2.45) is 0 Å². The maximum absolute atomic E-state index is 4.45. The van der Waals surface area contributed by atoms with E-state index in [-0.39, 0.29) is 0 Å². The Hall–Kier alpha value is 0.540. The molecule has 0 fully saturated rings. The third-order valence-corrected chi connectivity index (χ3v) is 7.84. The molecule has 2 aromatic rings. The first-order valence-corrected chi connectivity index (χ1v) is 10.9. The Morgan fingerprint density at radius 2 is 1.04 bits per heavy atom. The van der Waals surface area contributed by atoms with Crippen molar-refractivity contribution in [2.45, 2.75) is 49.0 Å². The number of thioether (sulfide) groups is 2. The average Bonchev–Trinajstić information content (AvgIpc) is 2.53. The Kier molecular flexibility index (Phi) is 11.2. The fourth-order valence-corrected chi connectivity index (χ4v) is 4.91. The summed E-state index contributed by atoms with van der Waals surface area (Å²) in [7, 11) is 0. The lowest BCUT2D eigenvalue weighted by molar-refractivity contribution is 1.09. The molecule has 126 valence electrons. The average molecular weight is 419 g/mol. The fraction of sp³-hybridized carbons (Fsp3) is 0.294. The minimum Gasteiger partial charge on any atom is -0.162 e. The van der Waals surface area contributed by atoms with Gasteiger partial charge in [-0.15, -0.1) is 48.8 Å². The van der Waals surface area contributed by atoms with Crippen LogP contribution in [-0.2, 0) is 0 Å². The van der Waals surface area contributed by atoms with Crippen LogP contribution in [0.1, 0.15) is 20.3 Å². The molecule has 1 heterocycles. The van der Waals surface area contributed by atoms with E-state index in [1.807, 2.05) is 24.3 Å². The minimum atomic E-state index is 0.299. The molecule has 1 aliphatic rings. The zero-order valence-electron chi connectivity index (χ0n) is 13.1. The highest BCUT2D eigenvalue weighted by Crippen LogP contribution is 2.47. The minimum absolute atomic E-state index is 0.299. The molecule has 0 aromatic heterocycles. The van der Waals surface area contributed by atoms with Crippen molar-refractivity contribution >= 4 is 74.0 Å². The van der Waals surface area contributed by atoms with Crippen molar-refractivity contribution in [3.8, 4) is 0 Å². The zero-order valence-corrected chi connectivity index (χ0v) is 18.3. The number of hydrogen-bond donors (Lipinski definition) is 4. The maximum atomic E-state index is 4.45. The van der Waals surface area contributed by atoms with Gasteiger partial charge in [0.05, 0.1) is 9.16 Å². The van der Waals surface area contributed by atoms with Crippen molar-refractivity contribution in [3.63, 3.8) is 0 Å². The molecule has 0 saturated heterocycles. The number of rotatable bonds is 0. The summed E-state index contributed by atoms with van der Waals surface area (Å²) in [5, 5.41) is 0. The maximum Gasteiger partial charge on any atom is 0.0730 e. The fourth-order valence-electron chi connectivity index (χ4n) is 1.49. The largest absolute Gasteiger partial charge is 0.162 e. The third-order valence-electron chi connectivity index (χ3n) is 2.47. The molecule has 0 bridgehead atoms. The summed E-state index contributed by atoms with van der Waals surface area (Å²) in [6.07, 6.45) is 1.25. The second-order valence-electron chi connectivity index (χ2n) is 4.66. The van der Waals surface area contributed by atoms with Gasteiger partial charge in [-0.2, -0.15) is 25.3 Å². The van der Waals surface area contributed by atoms with Gasteiger partial charge in [0.1, 0.15) is 0 Å². The van der Waals surface area contributed by atoms with E-state index in [9.17, 15) is 0 Å². The molecule has 6 heteroatoms. The number of fused-ring (bicyclic) bond motifs is 1. The second kappa shape index (κ2) is 12.0. The first-order valence-electron chi connectivity index (χ1n) is 7.25. The van der Waals surface area contributed by atoms with Crippen LogP contribution < -0.4 is 0 Å². The molecule has 0 N–H and O–H groups in total. The van der Waals surface area contributed by atoms with E-state index in [1.165, 1.54) is 16.2 Å². The lowest BCUT2D eigenvalue weighted by Gasteiger charge is -2.24. The van der Waals surface area contributed by atoms with Crippen molar-refractivity contribution in [3.05, 3.63) is 48.5 Å². The molecular weight excluding hydrogens is 397 g/mol. The summed E-state index contributed by atoms with van der Waals surface area (Å²) < 4.78 is 0.599. The molecule has 0 saturated carbocycles. The lowest BCUT2D eigenvalue weighted by atomic mass is 10.4. The van der Waals surface area contributed by atoms with Crippen molar-refractivity contribution < 1.29 is 0 Å². The first-order chi connectivity index (χ1) is 11.0. The molecule has 2 aromatic carbocycles. The summed E-state index contributed by atoms with van der Waals surface area (Å²) >= 11 is 20.7. The molecule has 0 amide bonds. The van der Waals surface area contributed by atoms with Crippen LogP contribution in [0.2, 0.25) is 0 Å². The molecular formula is C17H22S6. The zero-order chi connectivity index (χ0) is 17.2. The van der Waals surface area contributed by atoms with Gasteiger partial charge in [0, 0.05) is 19.6 Å². The molecule has 1 aliphatic heterocycles. The van der Waals surface area contributed by atoms with Gasteiger partial charge in [0.15, 0.2) is 0 Å². The van der Waals surface area contributed by atoms with Crippen LogP contribution in [0.15, 0.2) is 68.1 Å². The predicted molar refractivity (Wildman–Crippen MR) is 121 cm³/mol. The van der Waals surface area contributed by atoms with Gasteiger partial charge in [0.25, 0.3) is 0 Å². The highest BCUT2D eigenvalue weighted by molar-refractivity contribution is 8.18. The second-order valence-corrected chi connectivity index (χ2v) is 9.80. The smallest absolute Gasteiger partial charge is 0.0730 e. The van der Waals surface area contributed by atoms with Crippen molar-refractivity contribution in [2.75, 3.05) is 0 Å². The van der Waals surface area contributed by atoms with E-state index >= 15 is 0 Å². The van der Waals surface area contributed by atoms with Crippen molar-refractivity contribution in [1.29, 1.82) is 0 Å². The number of benzene rings is 2. The van der Waals surface area contributed by atoms with E-state index in [2.05, 4.69) is 88.6 Å². The monoisotopic (exact) mass is 418 g/mol. The molecule has 3 rings (SSSR count). The first kappa shape index (κ1) is 21.6. The number of thiol groups is 4. The molecule has 0 aliphatic carbocycles. The summed E-state index contributed by atoms with van der Waals surface area (Å²) in [5.41, 5.74) is 0. The molecule has 0 spiro atoms. The van der Waals surface area contributed by atoms with Gasteiger partial charge in [-0.25, -0.2) is 0 Å². The Morgan fingerprint density at radius 1 is 0.739 bits per heavy atom. The van der Waals surface area contributed by atoms with Crippen molar-refractivity contribution in [1.82, 2.24) is 0 Å². The van der Waals surface area contributed by atoms with E-state index in [0.717, 1.165) is 9.79 Å². The lowest BCUT2D eigenvalue weighted by Crippen LogP contribution is -2.11. The summed E-state index contributed by atoms with van der Waals surface area (Å²) in [6.45, 7) is 4.25. The van der Waals surface area contributed by atoms with E-state index in [4.69, 9.17) is 0 Å². The number of hydrogen-bond acceptors (Lipinski definition) is 6. The SMILES string of the molecule is CCC.SC1Sc2ccccc2SC1S.Sc1ccccc1S. The quantitative estimate of drug-likeness (QED) is 0.338. The Bertz CT molecular complexity index is 537. The normalized spacial score (nSPS) is 18.7. The van der Waals surface area contributed by atoms with Gasteiger partial charge < -0.3 is 0 Å². The van der Waals surface area contributed by atoms with Gasteiger partial charge in [-0.05, 0) is 24.3 Å². The predicted octanol–water partition coefficient (Wildman–Crippen LogP) is 7.08. The van der Waals surface area contributed by atoms with Crippen LogP contribution in [0.3, 0.4) is 0 Å².